The summed E-state index contributed by atoms with van der Waals surface area (Å²) in [5, 5.41) is 23.2. The molecule has 0 saturated carbocycles. The minimum absolute atomic E-state index is 0.101. The average Bonchev–Trinajstić information content (AvgIpc) is 3.89. The third kappa shape index (κ3) is 6.04. The van der Waals surface area contributed by atoms with E-state index in [2.05, 4.69) is 15.4 Å². The standard InChI is InChI=1S/C40H41ClN6O5Si/c1-25-37(53(2,3)51)36(19-20-45-23-34(42-44-45)31(24-48)27-9-5-4-6-10-27)52-40(25)32-21-28(41)15-18-35(32)46(39(40)50)22-26-13-16-29(17-14-26)47-38(49)30-11-7-8-12-33(30)43-47/h4-18,21,23,25,31,36-37,43,48,51H,19-20,22,24H2,1-3H3/t25-,31?,36+,37-,40+/m1/s1. The van der Waals surface area contributed by atoms with E-state index in [1.54, 1.807) is 21.7 Å². The fourth-order valence-corrected chi connectivity index (χ4v) is 11.3. The Morgan fingerprint density at radius 2 is 1.74 bits per heavy atom. The number of rotatable bonds is 10. The van der Waals surface area contributed by atoms with Crippen LogP contribution in [0.25, 0.3) is 16.6 Å². The molecule has 13 heteroatoms. The third-order valence-corrected chi connectivity index (χ3v) is 13.8. The fourth-order valence-electron chi connectivity index (χ4n) is 8.55. The predicted octanol–water partition coefficient (Wildman–Crippen LogP) is 6.12. The number of nitrogens with one attached hydrogen (secondary N) is 1. The Kier molecular flexibility index (Phi) is 8.98. The lowest BCUT2D eigenvalue weighted by Crippen LogP contribution is -2.46. The van der Waals surface area contributed by atoms with Crippen LogP contribution >= 0.6 is 11.6 Å². The van der Waals surface area contributed by atoms with E-state index < -0.39 is 20.0 Å². The highest BCUT2D eigenvalue weighted by Gasteiger charge is 2.66. The van der Waals surface area contributed by atoms with E-state index in [9.17, 15) is 19.5 Å². The van der Waals surface area contributed by atoms with Crippen molar-refractivity contribution in [2.75, 3.05) is 11.5 Å². The highest BCUT2D eigenvalue weighted by atomic mass is 35.5. The average molecular weight is 749 g/mol. The van der Waals surface area contributed by atoms with Crippen molar-refractivity contribution in [2.45, 2.75) is 62.7 Å². The van der Waals surface area contributed by atoms with Gasteiger partial charge in [0.05, 0.1) is 53.1 Å². The van der Waals surface area contributed by atoms with Crippen LogP contribution in [0.5, 0.6) is 0 Å². The van der Waals surface area contributed by atoms with Crippen molar-refractivity contribution in [3.8, 4) is 5.69 Å². The third-order valence-electron chi connectivity index (χ3n) is 11.0. The van der Waals surface area contributed by atoms with E-state index in [1.807, 2.05) is 111 Å². The van der Waals surface area contributed by atoms with Crippen LogP contribution < -0.4 is 10.5 Å². The smallest absolute Gasteiger partial charge is 0.279 e. The second kappa shape index (κ2) is 13.5. The van der Waals surface area contributed by atoms with E-state index in [-0.39, 0.29) is 42.0 Å². The molecule has 3 N–H and O–H groups in total. The van der Waals surface area contributed by atoms with Crippen LogP contribution in [0, 0.1) is 5.92 Å². The number of amides is 1. The molecule has 1 amide bonds. The number of aromatic nitrogens is 5. The zero-order chi connectivity index (χ0) is 37.1. The summed E-state index contributed by atoms with van der Waals surface area (Å²) in [6.45, 7) is 6.43. The number of aryl methyl sites for hydroxylation is 1. The van der Waals surface area contributed by atoms with Crippen molar-refractivity contribution < 1.29 is 19.4 Å². The van der Waals surface area contributed by atoms with Gasteiger partial charge in [0.2, 0.25) is 0 Å². The Hall–Kier alpha value is -4.85. The number of benzene rings is 4. The van der Waals surface area contributed by atoms with Gasteiger partial charge in [-0.15, -0.1) is 5.10 Å². The number of hydrogen-bond donors (Lipinski definition) is 3. The predicted molar refractivity (Wildman–Crippen MR) is 206 cm³/mol. The molecular weight excluding hydrogens is 708 g/mol. The van der Waals surface area contributed by atoms with Crippen LogP contribution in [0.3, 0.4) is 0 Å². The topological polar surface area (TPSA) is 138 Å². The largest absolute Gasteiger partial charge is 0.432 e. The number of H-pyrrole nitrogens is 1. The van der Waals surface area contributed by atoms with Crippen molar-refractivity contribution in [3.63, 3.8) is 0 Å². The Balaban J connectivity index is 1.07. The molecule has 2 aliphatic heterocycles. The number of anilines is 1. The number of ether oxygens (including phenoxy) is 1. The Bertz CT molecular complexity index is 2350. The summed E-state index contributed by atoms with van der Waals surface area (Å²) < 4.78 is 10.2. The number of aliphatic hydroxyl groups is 1. The van der Waals surface area contributed by atoms with Gasteiger partial charge in [0.1, 0.15) is 0 Å². The van der Waals surface area contributed by atoms with Crippen LogP contribution in [0.2, 0.25) is 23.7 Å². The quantitative estimate of drug-likeness (QED) is 0.144. The highest BCUT2D eigenvalue weighted by molar-refractivity contribution is 6.71. The van der Waals surface area contributed by atoms with Crippen LogP contribution in [-0.2, 0) is 28.2 Å². The minimum atomic E-state index is -2.90. The summed E-state index contributed by atoms with van der Waals surface area (Å²) >= 11 is 6.60. The number of carbonyl (C=O) groups is 1. The molecule has 0 radical (unpaired) electrons. The van der Waals surface area contributed by atoms with Gasteiger partial charge in [0.15, 0.2) is 13.9 Å². The lowest BCUT2D eigenvalue weighted by molar-refractivity contribution is -0.146. The van der Waals surface area contributed by atoms with Gasteiger partial charge in [-0.3, -0.25) is 19.4 Å². The first-order valence-electron chi connectivity index (χ1n) is 17.9. The van der Waals surface area contributed by atoms with Crippen molar-refractivity contribution in [3.05, 3.63) is 141 Å². The van der Waals surface area contributed by atoms with Gasteiger partial charge in [-0.2, -0.15) is 0 Å². The maximum absolute atomic E-state index is 14.9. The monoisotopic (exact) mass is 748 g/mol. The lowest BCUT2D eigenvalue weighted by Gasteiger charge is -2.32. The molecule has 1 saturated heterocycles. The molecule has 272 valence electrons. The Morgan fingerprint density at radius 1 is 1.00 bits per heavy atom. The van der Waals surface area contributed by atoms with Crippen molar-refractivity contribution in [2.24, 2.45) is 5.92 Å². The summed E-state index contributed by atoms with van der Waals surface area (Å²) in [5.74, 6) is -0.850. The Morgan fingerprint density at radius 3 is 2.45 bits per heavy atom. The maximum Gasteiger partial charge on any atom is 0.279 e. The first-order valence-corrected chi connectivity index (χ1v) is 21.3. The molecule has 2 aliphatic rings. The zero-order valence-electron chi connectivity index (χ0n) is 29.7. The molecule has 4 aromatic carbocycles. The Labute approximate surface area is 312 Å². The van der Waals surface area contributed by atoms with Crippen molar-refractivity contribution in [1.82, 2.24) is 24.8 Å². The molecule has 8 rings (SSSR count). The van der Waals surface area contributed by atoms with Gasteiger partial charge in [0.25, 0.3) is 11.5 Å². The summed E-state index contributed by atoms with van der Waals surface area (Å²) in [6, 6.07) is 30.1. The molecule has 6 aromatic rings. The van der Waals surface area contributed by atoms with Gasteiger partial charge >= 0.3 is 0 Å². The molecule has 4 heterocycles. The molecular formula is C40H41ClN6O5Si. The first kappa shape index (κ1) is 35.2. The molecule has 1 unspecified atom stereocenters. The van der Waals surface area contributed by atoms with Gasteiger partial charge in [-0.05, 0) is 73.1 Å². The number of para-hydroxylation sites is 1. The summed E-state index contributed by atoms with van der Waals surface area (Å²) in [7, 11) is -2.90. The number of hydrogen-bond acceptors (Lipinski definition) is 7. The summed E-state index contributed by atoms with van der Waals surface area (Å²) in [4.78, 5) is 41.4. The van der Waals surface area contributed by atoms with E-state index in [0.717, 1.165) is 22.3 Å². The molecule has 0 bridgehead atoms. The molecule has 11 nitrogen and oxygen atoms in total. The fraction of sp³-hybridized carbons (Fsp3) is 0.300. The van der Waals surface area contributed by atoms with Crippen LogP contribution in [0.15, 0.2) is 108 Å². The SMILES string of the molecule is C[C@@H]1[C@@H]([Si](C)(C)O)[C@H](CCn2cc(C(CO)c3ccccc3)nn2)O[C@@]12C(=O)N(Cc1ccc(-n3[nH]c4ccccc4c3=O)cc1)c1ccc(Cl)cc12. The molecule has 1 fully saturated rings. The van der Waals surface area contributed by atoms with E-state index in [1.165, 1.54) is 4.68 Å². The normalized spacial score (nSPS) is 21.9. The number of fused-ring (bicyclic) bond motifs is 3. The molecule has 5 atom stereocenters. The molecule has 53 heavy (non-hydrogen) atoms. The first-order chi connectivity index (χ1) is 25.5. The number of halogens is 1. The molecule has 1 spiro atoms. The van der Waals surface area contributed by atoms with Crippen molar-refractivity contribution in [1.29, 1.82) is 0 Å². The van der Waals surface area contributed by atoms with Crippen LogP contribution in [0.1, 0.15) is 41.6 Å². The van der Waals surface area contributed by atoms with Gasteiger partial charge in [0, 0.05) is 34.8 Å². The lowest BCUT2D eigenvalue weighted by atomic mass is 9.82. The van der Waals surface area contributed by atoms with Gasteiger partial charge in [-0.25, -0.2) is 4.68 Å². The highest BCUT2D eigenvalue weighted by Crippen LogP contribution is 2.60. The second-order valence-corrected chi connectivity index (χ2v) is 19.1. The second-order valence-electron chi connectivity index (χ2n) is 14.7. The van der Waals surface area contributed by atoms with Gasteiger partial charge in [-0.1, -0.05) is 78.3 Å². The van der Waals surface area contributed by atoms with E-state index in [4.69, 9.17) is 16.3 Å². The number of nitrogens with zero attached hydrogens (tertiary/aromatic N) is 5. The van der Waals surface area contributed by atoms with Crippen LogP contribution in [-0.4, -0.2) is 61.6 Å². The number of aromatic amines is 1. The summed E-state index contributed by atoms with van der Waals surface area (Å²) in [6.07, 6.45) is 1.89. The van der Waals surface area contributed by atoms with E-state index in [0.29, 0.717) is 40.3 Å². The molecule has 2 aromatic heterocycles. The summed E-state index contributed by atoms with van der Waals surface area (Å²) in [5.41, 5.74) is 3.60. The number of carbonyl (C=O) groups excluding carboxylic acids is 1. The number of aliphatic hydroxyl groups excluding tert-OH is 1. The van der Waals surface area contributed by atoms with Crippen LogP contribution in [0.4, 0.5) is 5.69 Å². The minimum Gasteiger partial charge on any atom is -0.432 e. The zero-order valence-corrected chi connectivity index (χ0v) is 31.4. The van der Waals surface area contributed by atoms with Gasteiger partial charge < -0.3 is 19.5 Å². The van der Waals surface area contributed by atoms with Crippen molar-refractivity contribution >= 4 is 42.4 Å². The van der Waals surface area contributed by atoms with E-state index >= 15 is 0 Å². The maximum atomic E-state index is 14.9. The molecule has 0 aliphatic carbocycles.